The van der Waals surface area contributed by atoms with Gasteiger partial charge < -0.3 is 0 Å². The Bertz CT molecular complexity index is 71.0. The van der Waals surface area contributed by atoms with E-state index < -0.39 is 0 Å². The molecule has 32 valence electrons. The van der Waals surface area contributed by atoms with Crippen LogP contribution in [-0.2, 0) is 0 Å². The SMILES string of the molecule is N#C[Se-].N#C[Se-].[Na+].[Na+]. The molecule has 2 nitrogen and oxygen atoms in total. The molecule has 0 aliphatic carbocycles. The molecule has 6 heteroatoms. The summed E-state index contributed by atoms with van der Waals surface area (Å²) in [6.45, 7) is 0. The zero-order chi connectivity index (χ0) is 5.41. The second kappa shape index (κ2) is 35.9. The van der Waals surface area contributed by atoms with Crippen LogP contribution in [0.4, 0.5) is 0 Å². The van der Waals surface area contributed by atoms with Crippen LogP contribution in [0.25, 0.3) is 0 Å². The first-order chi connectivity index (χ1) is 2.83. The standard InChI is InChI=1S/2CHNSe.2Na/c2*2-1-3;;/h2*3H;;/q;;2*+1/p-2. The average molecular weight is 256 g/mol. The molecule has 0 amide bonds. The first-order valence-corrected chi connectivity index (χ1v) is 2.57. The number of hydrogen-bond donors (Lipinski definition) is 0. The molecular weight excluding hydrogens is 256 g/mol. The van der Waals surface area contributed by atoms with Crippen LogP contribution in [0.1, 0.15) is 0 Å². The molecule has 0 aromatic rings. The van der Waals surface area contributed by atoms with Crippen LogP contribution in [0.5, 0.6) is 0 Å². The van der Waals surface area contributed by atoms with E-state index >= 15 is 0 Å². The molecule has 8 heavy (non-hydrogen) atoms. The van der Waals surface area contributed by atoms with Crippen molar-refractivity contribution in [3.8, 4) is 9.94 Å². The van der Waals surface area contributed by atoms with Crippen LogP contribution in [0.15, 0.2) is 0 Å². The summed E-state index contributed by atoms with van der Waals surface area (Å²) in [5.74, 6) is 0. The minimum atomic E-state index is 0. The number of nitriles is 2. The predicted molar refractivity (Wildman–Crippen MR) is 22.7 cm³/mol. The normalized spacial score (nSPS) is 1.75. The Morgan fingerprint density at radius 1 is 0.875 bits per heavy atom. The Kier molecular flexibility index (Phi) is 101. The van der Waals surface area contributed by atoms with E-state index in [1.807, 2.05) is 0 Å². The van der Waals surface area contributed by atoms with Gasteiger partial charge in [-0.3, -0.25) is 0 Å². The van der Waals surface area contributed by atoms with Gasteiger partial charge >= 0.3 is 112 Å². The molecule has 0 aliphatic heterocycles. The second-order valence-corrected chi connectivity index (χ2v) is 0.949. The summed E-state index contributed by atoms with van der Waals surface area (Å²) in [5.41, 5.74) is 0. The van der Waals surface area contributed by atoms with Crippen molar-refractivity contribution in [1.29, 1.82) is 10.5 Å². The molecule has 0 fully saturated rings. The van der Waals surface area contributed by atoms with Gasteiger partial charge in [-0.25, -0.2) is 0 Å². The molecule has 0 aromatic carbocycles. The van der Waals surface area contributed by atoms with Crippen LogP contribution in [0.3, 0.4) is 0 Å². The van der Waals surface area contributed by atoms with Crippen molar-refractivity contribution >= 4 is 32.0 Å². The van der Waals surface area contributed by atoms with E-state index in [9.17, 15) is 0 Å². The van der Waals surface area contributed by atoms with Gasteiger partial charge in [0.05, 0.1) is 0 Å². The van der Waals surface area contributed by atoms with Crippen LogP contribution in [0.2, 0.25) is 0 Å². The largest absolute Gasteiger partial charge is 1.00 e. The summed E-state index contributed by atoms with van der Waals surface area (Å²) in [7, 11) is 0. The van der Waals surface area contributed by atoms with Crippen LogP contribution < -0.4 is 59.1 Å². The van der Waals surface area contributed by atoms with Gasteiger partial charge in [-0.05, 0) is 0 Å². The van der Waals surface area contributed by atoms with Gasteiger partial charge in [-0.1, -0.05) is 0 Å². The van der Waals surface area contributed by atoms with E-state index in [0.29, 0.717) is 0 Å². The minimum Gasteiger partial charge on any atom is 1.00 e. The van der Waals surface area contributed by atoms with Gasteiger partial charge in [-0.15, -0.1) is 0 Å². The summed E-state index contributed by atoms with van der Waals surface area (Å²) >= 11 is 4.22. The van der Waals surface area contributed by atoms with Gasteiger partial charge in [0.2, 0.25) is 0 Å². The van der Waals surface area contributed by atoms with Gasteiger partial charge in [0.25, 0.3) is 0 Å². The fourth-order valence-corrected chi connectivity index (χ4v) is 0. The summed E-state index contributed by atoms with van der Waals surface area (Å²) in [6.07, 6.45) is 0. The van der Waals surface area contributed by atoms with E-state index in [1.54, 1.807) is 9.94 Å². The van der Waals surface area contributed by atoms with Crippen molar-refractivity contribution in [3.63, 3.8) is 0 Å². The van der Waals surface area contributed by atoms with Crippen molar-refractivity contribution in [1.82, 2.24) is 0 Å². The smallest absolute Gasteiger partial charge is 1.00 e. The van der Waals surface area contributed by atoms with Crippen molar-refractivity contribution in [2.45, 2.75) is 0 Å². The average Bonchev–Trinajstić information content (AvgIpc) is 1.39. The second-order valence-electron chi connectivity index (χ2n) is 0.183. The maximum absolute atomic E-state index is 7.26. The van der Waals surface area contributed by atoms with Crippen LogP contribution in [-0.4, -0.2) is 32.0 Å². The Labute approximate surface area is 110 Å². The van der Waals surface area contributed by atoms with E-state index in [2.05, 4.69) is 32.0 Å². The zero-order valence-corrected chi connectivity index (χ0v) is 12.1. The maximum Gasteiger partial charge on any atom is 1.00 e. The molecule has 0 bridgehead atoms. The molecular formula is C2N2Na2Se2. The van der Waals surface area contributed by atoms with Crippen molar-refractivity contribution in [2.75, 3.05) is 0 Å². The topological polar surface area (TPSA) is 47.6 Å². The molecule has 0 radical (unpaired) electrons. The molecule has 0 rings (SSSR count). The third kappa shape index (κ3) is 96.9. The molecule has 0 heterocycles. The van der Waals surface area contributed by atoms with Crippen LogP contribution >= 0.6 is 0 Å². The van der Waals surface area contributed by atoms with Gasteiger partial charge in [0.1, 0.15) is 0 Å². The zero-order valence-electron chi connectivity index (χ0n) is 4.71. The molecule has 0 saturated carbocycles. The summed E-state index contributed by atoms with van der Waals surface area (Å²) < 4.78 is 0. The Hall–Kier alpha value is 2.02. The van der Waals surface area contributed by atoms with E-state index in [-0.39, 0.29) is 59.1 Å². The molecule has 0 unspecified atom stereocenters. The Balaban J connectivity index is -0.0000000160. The molecule has 0 atom stereocenters. The third-order valence-electron chi connectivity index (χ3n) is 0. The maximum atomic E-state index is 7.26. The van der Waals surface area contributed by atoms with Gasteiger partial charge in [0.15, 0.2) is 0 Å². The minimum absolute atomic E-state index is 0. The first kappa shape index (κ1) is 22.5. The fraction of sp³-hybridized carbons (Fsp3) is 0. The number of hydrogen-bond acceptors (Lipinski definition) is 2. The summed E-state index contributed by atoms with van der Waals surface area (Å²) in [4.78, 5) is 3.25. The van der Waals surface area contributed by atoms with Crippen molar-refractivity contribution < 1.29 is 59.1 Å². The molecule has 0 aliphatic rings. The molecule has 0 spiro atoms. The molecule has 0 saturated heterocycles. The number of rotatable bonds is 0. The number of nitrogens with zero attached hydrogens (tertiary/aromatic N) is 2. The first-order valence-electron chi connectivity index (χ1n) is 0.855. The quantitative estimate of drug-likeness (QED) is 0.404. The van der Waals surface area contributed by atoms with E-state index in [0.717, 1.165) is 0 Å². The summed E-state index contributed by atoms with van der Waals surface area (Å²) in [5, 5.41) is 14.5. The van der Waals surface area contributed by atoms with E-state index in [1.165, 1.54) is 0 Å². The predicted octanol–water partition coefficient (Wildman–Crippen LogP) is -6.72. The Morgan fingerprint density at radius 3 is 0.875 bits per heavy atom. The third-order valence-corrected chi connectivity index (χ3v) is 0. The molecule has 0 aromatic heterocycles. The summed E-state index contributed by atoms with van der Waals surface area (Å²) in [6, 6.07) is 0. The molecule has 0 N–H and O–H groups in total. The van der Waals surface area contributed by atoms with Gasteiger partial charge in [-0.2, -0.15) is 0 Å². The van der Waals surface area contributed by atoms with Crippen molar-refractivity contribution in [2.24, 2.45) is 0 Å². The fourth-order valence-electron chi connectivity index (χ4n) is 0. The van der Waals surface area contributed by atoms with Gasteiger partial charge in [0, 0.05) is 0 Å². The monoisotopic (exact) mass is 258 g/mol. The van der Waals surface area contributed by atoms with E-state index in [4.69, 9.17) is 10.5 Å². The Morgan fingerprint density at radius 2 is 0.875 bits per heavy atom. The van der Waals surface area contributed by atoms with Crippen LogP contribution in [0, 0.1) is 20.5 Å². The van der Waals surface area contributed by atoms with Crippen molar-refractivity contribution in [3.05, 3.63) is 0 Å².